The van der Waals surface area contributed by atoms with Gasteiger partial charge in [0.2, 0.25) is 10.0 Å². The number of benzene rings is 1. The van der Waals surface area contributed by atoms with Gasteiger partial charge in [0.05, 0.1) is 17.6 Å². The average molecular weight is 300 g/mol. The minimum absolute atomic E-state index is 0.117. The summed E-state index contributed by atoms with van der Waals surface area (Å²) in [6.45, 7) is 5.19. The molecule has 0 bridgehead atoms. The van der Waals surface area contributed by atoms with E-state index in [0.717, 1.165) is 0 Å². The minimum Gasteiger partial charge on any atom is -0.465 e. The minimum atomic E-state index is -3.69. The lowest BCUT2D eigenvalue weighted by atomic mass is 10.1. The van der Waals surface area contributed by atoms with E-state index in [2.05, 4.69) is 9.46 Å². The number of hydrogen-bond donors (Lipinski definition) is 2. The van der Waals surface area contributed by atoms with Crippen LogP contribution in [0, 0.1) is 6.92 Å². The molecule has 0 aliphatic carbocycles. The molecule has 7 heteroatoms. The maximum Gasteiger partial charge on any atom is 0.337 e. The summed E-state index contributed by atoms with van der Waals surface area (Å²) < 4.78 is 31.7. The van der Waals surface area contributed by atoms with Gasteiger partial charge >= 0.3 is 5.97 Å². The van der Waals surface area contributed by atoms with Crippen molar-refractivity contribution in [3.8, 4) is 0 Å². The normalized spacial score (nSPS) is 12.2. The highest BCUT2D eigenvalue weighted by atomic mass is 32.2. The number of nitrogens with one attached hydrogen (secondary N) is 1. The Balaban J connectivity index is 3.18. The van der Waals surface area contributed by atoms with Gasteiger partial charge in [-0.15, -0.1) is 0 Å². The van der Waals surface area contributed by atoms with Crippen LogP contribution in [0.2, 0.25) is 0 Å². The van der Waals surface area contributed by atoms with Crippen molar-refractivity contribution in [1.82, 2.24) is 4.72 Å². The molecule has 0 amide bonds. The van der Waals surface area contributed by atoms with Crippen molar-refractivity contribution in [2.24, 2.45) is 5.73 Å². The smallest absolute Gasteiger partial charge is 0.337 e. The number of hydrogen-bond acceptors (Lipinski definition) is 5. The molecule has 0 unspecified atom stereocenters. The molecule has 0 saturated heterocycles. The van der Waals surface area contributed by atoms with Gasteiger partial charge in [-0.3, -0.25) is 0 Å². The standard InChI is InChI=1S/C13H20N2O4S/c1-9-7-10(12(16)19-4)5-6-11(9)20(17,18)15-13(2,3)8-14/h5-7,15H,8,14H2,1-4H3. The Morgan fingerprint density at radius 2 is 2.00 bits per heavy atom. The van der Waals surface area contributed by atoms with E-state index in [9.17, 15) is 13.2 Å². The van der Waals surface area contributed by atoms with Crippen molar-refractivity contribution >= 4 is 16.0 Å². The summed E-state index contributed by atoms with van der Waals surface area (Å²) in [5, 5.41) is 0. The second-order valence-corrected chi connectivity index (χ2v) is 6.82. The number of ether oxygens (including phenoxy) is 1. The van der Waals surface area contributed by atoms with Gasteiger partial charge in [-0.25, -0.2) is 17.9 Å². The van der Waals surface area contributed by atoms with Crippen LogP contribution in [-0.4, -0.2) is 33.6 Å². The van der Waals surface area contributed by atoms with Crippen LogP contribution < -0.4 is 10.5 Å². The molecule has 1 rings (SSSR count). The molecular formula is C13H20N2O4S. The van der Waals surface area contributed by atoms with Gasteiger partial charge in [0.25, 0.3) is 0 Å². The molecule has 0 saturated carbocycles. The highest BCUT2D eigenvalue weighted by molar-refractivity contribution is 7.89. The molecule has 0 aliphatic heterocycles. The van der Waals surface area contributed by atoms with E-state index in [4.69, 9.17) is 5.73 Å². The Labute approximate surface area is 119 Å². The van der Waals surface area contributed by atoms with Crippen molar-refractivity contribution in [3.63, 3.8) is 0 Å². The lowest BCUT2D eigenvalue weighted by Crippen LogP contribution is -2.48. The van der Waals surface area contributed by atoms with Crippen LogP contribution in [0.3, 0.4) is 0 Å². The first-order valence-corrected chi connectivity index (χ1v) is 7.54. The Morgan fingerprint density at radius 3 is 2.45 bits per heavy atom. The maximum absolute atomic E-state index is 12.3. The van der Waals surface area contributed by atoms with Crippen LogP contribution in [0.5, 0.6) is 0 Å². The van der Waals surface area contributed by atoms with Crippen molar-refractivity contribution in [1.29, 1.82) is 0 Å². The van der Waals surface area contributed by atoms with Gasteiger partial charge in [-0.1, -0.05) is 0 Å². The van der Waals surface area contributed by atoms with Crippen LogP contribution in [-0.2, 0) is 14.8 Å². The van der Waals surface area contributed by atoms with E-state index in [1.165, 1.54) is 25.3 Å². The lowest BCUT2D eigenvalue weighted by molar-refractivity contribution is 0.0600. The number of carbonyl (C=O) groups excluding carboxylic acids is 1. The van der Waals surface area contributed by atoms with Crippen molar-refractivity contribution in [2.75, 3.05) is 13.7 Å². The molecule has 0 aromatic heterocycles. The van der Waals surface area contributed by atoms with E-state index in [0.29, 0.717) is 11.1 Å². The van der Waals surface area contributed by atoms with Gasteiger partial charge in [0.15, 0.2) is 0 Å². The zero-order chi connectivity index (χ0) is 15.6. The molecule has 0 aliphatic rings. The van der Waals surface area contributed by atoms with E-state index in [1.807, 2.05) is 0 Å². The number of aryl methyl sites for hydroxylation is 1. The molecule has 20 heavy (non-hydrogen) atoms. The second-order valence-electron chi connectivity index (χ2n) is 5.17. The fourth-order valence-electron chi connectivity index (χ4n) is 1.66. The number of sulfonamides is 1. The molecule has 6 nitrogen and oxygen atoms in total. The Kier molecular flexibility index (Phi) is 4.90. The van der Waals surface area contributed by atoms with Crippen LogP contribution in [0.1, 0.15) is 29.8 Å². The molecule has 0 heterocycles. The van der Waals surface area contributed by atoms with E-state index >= 15 is 0 Å². The first-order chi connectivity index (χ1) is 9.13. The summed E-state index contributed by atoms with van der Waals surface area (Å²) in [4.78, 5) is 11.5. The third kappa shape index (κ3) is 3.78. The van der Waals surface area contributed by atoms with Gasteiger partial charge < -0.3 is 10.5 Å². The predicted molar refractivity (Wildman–Crippen MR) is 76.0 cm³/mol. The quantitative estimate of drug-likeness (QED) is 0.784. The molecule has 0 fully saturated rings. The zero-order valence-corrected chi connectivity index (χ0v) is 12.9. The molecule has 0 radical (unpaired) electrons. The summed E-state index contributed by atoms with van der Waals surface area (Å²) in [5.74, 6) is -0.507. The predicted octanol–water partition coefficient (Wildman–Crippen LogP) is 0.797. The summed E-state index contributed by atoms with van der Waals surface area (Å²) in [6.07, 6.45) is 0. The highest BCUT2D eigenvalue weighted by Gasteiger charge is 2.26. The Morgan fingerprint density at radius 1 is 1.40 bits per heavy atom. The van der Waals surface area contributed by atoms with E-state index in [-0.39, 0.29) is 11.4 Å². The number of rotatable bonds is 5. The number of methoxy groups -OCH3 is 1. The number of nitrogens with two attached hydrogens (primary N) is 1. The fourth-order valence-corrected chi connectivity index (χ4v) is 3.31. The van der Waals surface area contributed by atoms with Crippen LogP contribution in [0.25, 0.3) is 0 Å². The number of carbonyl (C=O) groups is 1. The van der Waals surface area contributed by atoms with Crippen molar-refractivity contribution in [2.45, 2.75) is 31.2 Å². The molecule has 3 N–H and O–H groups in total. The third-order valence-corrected chi connectivity index (χ3v) is 4.66. The van der Waals surface area contributed by atoms with Gasteiger partial charge in [-0.2, -0.15) is 0 Å². The average Bonchev–Trinajstić information content (AvgIpc) is 2.36. The van der Waals surface area contributed by atoms with Crippen molar-refractivity contribution < 1.29 is 17.9 Å². The fraction of sp³-hybridized carbons (Fsp3) is 0.462. The molecule has 112 valence electrons. The molecule has 1 aromatic carbocycles. The molecule has 1 aromatic rings. The van der Waals surface area contributed by atoms with Crippen LogP contribution in [0.4, 0.5) is 0 Å². The van der Waals surface area contributed by atoms with Gasteiger partial charge in [0, 0.05) is 12.1 Å². The van der Waals surface area contributed by atoms with Crippen LogP contribution in [0.15, 0.2) is 23.1 Å². The molecule has 0 atom stereocenters. The maximum atomic E-state index is 12.3. The first-order valence-electron chi connectivity index (χ1n) is 6.06. The monoisotopic (exact) mass is 300 g/mol. The SMILES string of the molecule is COC(=O)c1ccc(S(=O)(=O)NC(C)(C)CN)c(C)c1. The third-order valence-electron chi connectivity index (χ3n) is 2.81. The Hall–Kier alpha value is -1.44. The molecular weight excluding hydrogens is 280 g/mol. The van der Waals surface area contributed by atoms with Gasteiger partial charge in [0.1, 0.15) is 0 Å². The second kappa shape index (κ2) is 5.90. The highest BCUT2D eigenvalue weighted by Crippen LogP contribution is 2.19. The number of esters is 1. The van der Waals surface area contributed by atoms with E-state index < -0.39 is 21.5 Å². The summed E-state index contributed by atoms with van der Waals surface area (Å²) >= 11 is 0. The Bertz CT molecular complexity index is 609. The van der Waals surface area contributed by atoms with E-state index in [1.54, 1.807) is 20.8 Å². The van der Waals surface area contributed by atoms with Crippen molar-refractivity contribution in [3.05, 3.63) is 29.3 Å². The topological polar surface area (TPSA) is 98.5 Å². The zero-order valence-electron chi connectivity index (χ0n) is 12.1. The van der Waals surface area contributed by atoms with Gasteiger partial charge in [-0.05, 0) is 44.5 Å². The molecule has 0 spiro atoms. The summed E-state index contributed by atoms with van der Waals surface area (Å²) in [7, 11) is -2.42. The largest absolute Gasteiger partial charge is 0.465 e. The summed E-state index contributed by atoms with van der Waals surface area (Å²) in [5.41, 5.74) is 5.55. The lowest BCUT2D eigenvalue weighted by Gasteiger charge is -2.24. The summed E-state index contributed by atoms with van der Waals surface area (Å²) in [6, 6.07) is 4.29. The first kappa shape index (κ1) is 16.6. The van der Waals surface area contributed by atoms with Crippen LogP contribution >= 0.6 is 0 Å².